The van der Waals surface area contributed by atoms with Gasteiger partial charge in [-0.2, -0.15) is 0 Å². The molecule has 1 aromatic rings. The molecule has 0 radical (unpaired) electrons. The zero-order valence-corrected chi connectivity index (χ0v) is 10.7. The Bertz CT molecular complexity index is 470. The second kappa shape index (κ2) is 5.21. The van der Waals surface area contributed by atoms with Gasteiger partial charge in [-0.05, 0) is 12.5 Å². The largest absolute Gasteiger partial charge is 0.447 e. The van der Waals surface area contributed by atoms with Crippen molar-refractivity contribution in [1.29, 1.82) is 0 Å². The first-order chi connectivity index (χ1) is 8.65. The zero-order valence-electron chi connectivity index (χ0n) is 10.7. The third-order valence-corrected chi connectivity index (χ3v) is 3.12. The van der Waals surface area contributed by atoms with Gasteiger partial charge in [-0.15, -0.1) is 0 Å². The van der Waals surface area contributed by atoms with Crippen molar-refractivity contribution < 1.29 is 14.3 Å². The average molecular weight is 247 g/mol. The van der Waals surface area contributed by atoms with E-state index in [1.165, 1.54) is 4.90 Å². The minimum Gasteiger partial charge on any atom is -0.447 e. The molecule has 4 nitrogen and oxygen atoms in total. The molecule has 0 bridgehead atoms. The lowest BCUT2D eigenvalue weighted by Crippen LogP contribution is -2.26. The van der Waals surface area contributed by atoms with E-state index in [9.17, 15) is 9.59 Å². The second-order valence-corrected chi connectivity index (χ2v) is 4.43. The summed E-state index contributed by atoms with van der Waals surface area (Å²) >= 11 is 0. The van der Waals surface area contributed by atoms with Gasteiger partial charge in [-0.3, -0.25) is 9.59 Å². The van der Waals surface area contributed by atoms with Gasteiger partial charge in [-0.25, -0.2) is 0 Å². The Balaban J connectivity index is 2.14. The van der Waals surface area contributed by atoms with E-state index in [1.807, 2.05) is 31.2 Å². The maximum Gasteiger partial charge on any atom is 0.306 e. The summed E-state index contributed by atoms with van der Waals surface area (Å²) < 4.78 is 5.29. The Labute approximate surface area is 107 Å². The van der Waals surface area contributed by atoms with Crippen LogP contribution < -0.4 is 4.90 Å². The highest BCUT2D eigenvalue weighted by molar-refractivity contribution is 6.04. The fraction of sp³-hybridized carbons (Fsp3) is 0.429. The number of nitrogens with zero attached hydrogens (tertiary/aromatic N) is 1. The summed E-state index contributed by atoms with van der Waals surface area (Å²) in [6.45, 7) is 2.01. The first-order valence-electron chi connectivity index (χ1n) is 6.21. The van der Waals surface area contributed by atoms with E-state index in [2.05, 4.69) is 0 Å². The number of amides is 1. The van der Waals surface area contributed by atoms with Crippen LogP contribution in [0.1, 0.15) is 37.9 Å². The fourth-order valence-electron chi connectivity index (χ4n) is 2.07. The zero-order chi connectivity index (χ0) is 13.1. The topological polar surface area (TPSA) is 46.6 Å². The monoisotopic (exact) mass is 247 g/mol. The molecule has 1 atom stereocenters. The lowest BCUT2D eigenvalue weighted by Gasteiger charge is -2.12. The van der Waals surface area contributed by atoms with Crippen LogP contribution in [0.3, 0.4) is 0 Å². The van der Waals surface area contributed by atoms with Crippen LogP contribution >= 0.6 is 0 Å². The first-order valence-corrected chi connectivity index (χ1v) is 6.21. The van der Waals surface area contributed by atoms with Crippen molar-refractivity contribution in [2.24, 2.45) is 0 Å². The van der Waals surface area contributed by atoms with Gasteiger partial charge in [0.1, 0.15) is 0 Å². The van der Waals surface area contributed by atoms with Crippen LogP contribution in [0.5, 0.6) is 0 Å². The number of esters is 1. The number of fused-ring (bicyclic) bond motifs is 1. The van der Waals surface area contributed by atoms with E-state index in [0.717, 1.165) is 24.1 Å². The van der Waals surface area contributed by atoms with Gasteiger partial charge in [0.05, 0.1) is 5.69 Å². The Kier molecular flexibility index (Phi) is 3.65. The van der Waals surface area contributed by atoms with Crippen LogP contribution in [-0.4, -0.2) is 18.9 Å². The first kappa shape index (κ1) is 12.6. The minimum atomic E-state index is -0.768. The van der Waals surface area contributed by atoms with Crippen molar-refractivity contribution in [2.45, 2.75) is 32.3 Å². The average Bonchev–Trinajstić information content (AvgIpc) is 2.62. The predicted molar refractivity (Wildman–Crippen MR) is 68.2 cm³/mol. The van der Waals surface area contributed by atoms with E-state index >= 15 is 0 Å². The minimum absolute atomic E-state index is 0.180. The Hall–Kier alpha value is -1.84. The number of benzene rings is 1. The van der Waals surface area contributed by atoms with Gasteiger partial charge < -0.3 is 9.64 Å². The fourth-order valence-corrected chi connectivity index (χ4v) is 2.07. The Morgan fingerprint density at radius 1 is 1.39 bits per heavy atom. The highest BCUT2D eigenvalue weighted by atomic mass is 16.5. The number of rotatable bonds is 4. The number of hydrogen-bond donors (Lipinski definition) is 0. The van der Waals surface area contributed by atoms with Crippen LogP contribution in [0.25, 0.3) is 0 Å². The molecule has 2 rings (SSSR count). The molecule has 1 aromatic carbocycles. The maximum atomic E-state index is 12.0. The van der Waals surface area contributed by atoms with Crippen LogP contribution in [-0.2, 0) is 14.3 Å². The number of anilines is 1. The molecule has 4 heteroatoms. The normalized spacial score (nSPS) is 17.8. The summed E-state index contributed by atoms with van der Waals surface area (Å²) in [7, 11) is 1.70. The molecule has 0 saturated heterocycles. The summed E-state index contributed by atoms with van der Waals surface area (Å²) in [6.07, 6.45) is 1.32. The van der Waals surface area contributed by atoms with Crippen LogP contribution in [0.4, 0.5) is 5.69 Å². The molecule has 18 heavy (non-hydrogen) atoms. The summed E-state index contributed by atoms with van der Waals surface area (Å²) in [6, 6.07) is 7.39. The van der Waals surface area contributed by atoms with Gasteiger partial charge in [0.2, 0.25) is 6.10 Å². The number of para-hydroxylation sites is 1. The highest BCUT2D eigenvalue weighted by Gasteiger charge is 2.37. The molecule has 1 aliphatic rings. The number of carbonyl (C=O) groups excluding carboxylic acids is 2. The highest BCUT2D eigenvalue weighted by Crippen LogP contribution is 2.36. The molecule has 0 aliphatic carbocycles. The van der Waals surface area contributed by atoms with Crippen molar-refractivity contribution in [3.05, 3.63) is 29.8 Å². The van der Waals surface area contributed by atoms with E-state index in [-0.39, 0.29) is 11.9 Å². The van der Waals surface area contributed by atoms with E-state index in [4.69, 9.17) is 4.74 Å². The van der Waals surface area contributed by atoms with Crippen molar-refractivity contribution in [3.8, 4) is 0 Å². The lowest BCUT2D eigenvalue weighted by atomic mass is 10.1. The van der Waals surface area contributed by atoms with Gasteiger partial charge in [0, 0.05) is 19.0 Å². The molecule has 0 saturated carbocycles. The summed E-state index contributed by atoms with van der Waals surface area (Å²) in [4.78, 5) is 25.2. The maximum absolute atomic E-state index is 12.0. The molecule has 96 valence electrons. The molecule has 1 heterocycles. The number of hydrogen-bond acceptors (Lipinski definition) is 3. The summed E-state index contributed by atoms with van der Waals surface area (Å²) in [5.74, 6) is -0.485. The molecular formula is C14H17NO3. The van der Waals surface area contributed by atoms with Gasteiger partial charge in [0.15, 0.2) is 0 Å². The summed E-state index contributed by atoms with van der Waals surface area (Å²) in [5, 5.41) is 0. The molecule has 0 fully saturated rings. The third kappa shape index (κ3) is 2.23. The van der Waals surface area contributed by atoms with Crippen molar-refractivity contribution in [2.75, 3.05) is 11.9 Å². The molecule has 0 aromatic heterocycles. The van der Waals surface area contributed by atoms with E-state index in [0.29, 0.717) is 6.42 Å². The number of ether oxygens (including phenoxy) is 1. The number of unbranched alkanes of at least 4 members (excludes halogenated alkanes) is 1. The molecule has 1 unspecified atom stereocenters. The predicted octanol–water partition coefficient (Wildman–Crippen LogP) is 2.44. The SMILES string of the molecule is CCCCC(=O)OC1C(=O)N(C)c2ccccc21. The van der Waals surface area contributed by atoms with E-state index < -0.39 is 6.10 Å². The van der Waals surface area contributed by atoms with Crippen molar-refractivity contribution in [1.82, 2.24) is 0 Å². The Morgan fingerprint density at radius 2 is 2.11 bits per heavy atom. The molecule has 0 N–H and O–H groups in total. The lowest BCUT2D eigenvalue weighted by molar-refractivity contribution is -0.154. The van der Waals surface area contributed by atoms with Crippen molar-refractivity contribution in [3.63, 3.8) is 0 Å². The summed E-state index contributed by atoms with van der Waals surface area (Å²) in [5.41, 5.74) is 1.59. The van der Waals surface area contributed by atoms with Gasteiger partial charge in [0.25, 0.3) is 5.91 Å². The molecule has 1 aliphatic heterocycles. The molecular weight excluding hydrogens is 230 g/mol. The Morgan fingerprint density at radius 3 is 2.83 bits per heavy atom. The van der Waals surface area contributed by atoms with Crippen LogP contribution in [0, 0.1) is 0 Å². The second-order valence-electron chi connectivity index (χ2n) is 4.43. The van der Waals surface area contributed by atoms with E-state index in [1.54, 1.807) is 7.05 Å². The third-order valence-electron chi connectivity index (χ3n) is 3.12. The van der Waals surface area contributed by atoms with Gasteiger partial charge >= 0.3 is 5.97 Å². The van der Waals surface area contributed by atoms with Crippen LogP contribution in [0.2, 0.25) is 0 Å². The molecule has 1 amide bonds. The van der Waals surface area contributed by atoms with Crippen LogP contribution in [0.15, 0.2) is 24.3 Å². The smallest absolute Gasteiger partial charge is 0.306 e. The number of likely N-dealkylation sites (N-methyl/N-ethyl adjacent to an activating group) is 1. The van der Waals surface area contributed by atoms with Crippen molar-refractivity contribution >= 4 is 17.6 Å². The molecule has 0 spiro atoms. The quantitative estimate of drug-likeness (QED) is 0.768. The van der Waals surface area contributed by atoms with Gasteiger partial charge in [-0.1, -0.05) is 31.5 Å². The standard InChI is InChI=1S/C14H17NO3/c1-3-4-9-12(16)18-13-10-7-5-6-8-11(10)15(2)14(13)17/h5-8,13H,3-4,9H2,1-2H3. The number of carbonyl (C=O) groups is 2.